The van der Waals surface area contributed by atoms with E-state index in [-0.39, 0.29) is 24.8 Å². The molecule has 32 heavy (non-hydrogen) atoms. The SMILES string of the molecule is COc1ccc(OCCCC(=O)N(Cc2ccccc2F)[C@H](C)C(=O)NC(C)(C)C)cc1. The Hall–Kier alpha value is -3.09. The molecule has 0 radical (unpaired) electrons. The lowest BCUT2D eigenvalue weighted by molar-refractivity contribution is -0.141. The summed E-state index contributed by atoms with van der Waals surface area (Å²) in [6.07, 6.45) is 0.643. The van der Waals surface area contributed by atoms with Crippen molar-refractivity contribution in [3.63, 3.8) is 0 Å². The van der Waals surface area contributed by atoms with Crippen molar-refractivity contribution < 1.29 is 23.5 Å². The van der Waals surface area contributed by atoms with Gasteiger partial charge in [0.25, 0.3) is 0 Å². The molecule has 0 unspecified atom stereocenters. The van der Waals surface area contributed by atoms with Crippen molar-refractivity contribution in [3.8, 4) is 11.5 Å². The molecule has 0 fully saturated rings. The van der Waals surface area contributed by atoms with E-state index in [0.717, 1.165) is 5.75 Å². The number of nitrogens with zero attached hydrogens (tertiary/aromatic N) is 1. The van der Waals surface area contributed by atoms with Crippen LogP contribution in [0.5, 0.6) is 11.5 Å². The maximum absolute atomic E-state index is 14.2. The molecule has 7 heteroatoms. The van der Waals surface area contributed by atoms with Crippen molar-refractivity contribution in [1.82, 2.24) is 10.2 Å². The Morgan fingerprint density at radius 3 is 2.28 bits per heavy atom. The molecule has 2 rings (SSSR count). The van der Waals surface area contributed by atoms with Gasteiger partial charge in [0.1, 0.15) is 23.4 Å². The summed E-state index contributed by atoms with van der Waals surface area (Å²) in [7, 11) is 1.59. The Morgan fingerprint density at radius 1 is 1.06 bits per heavy atom. The molecular formula is C25H33FN2O4. The van der Waals surface area contributed by atoms with Gasteiger partial charge in [0.2, 0.25) is 11.8 Å². The van der Waals surface area contributed by atoms with Crippen LogP contribution in [0.2, 0.25) is 0 Å². The molecule has 2 aromatic carbocycles. The van der Waals surface area contributed by atoms with Crippen LogP contribution in [0.15, 0.2) is 48.5 Å². The summed E-state index contributed by atoms with van der Waals surface area (Å²) in [5.41, 5.74) is -0.0738. The summed E-state index contributed by atoms with van der Waals surface area (Å²) < 4.78 is 25.0. The summed E-state index contributed by atoms with van der Waals surface area (Å²) in [4.78, 5) is 27.2. The van der Waals surface area contributed by atoms with Crippen molar-refractivity contribution in [1.29, 1.82) is 0 Å². The van der Waals surface area contributed by atoms with E-state index in [1.54, 1.807) is 56.5 Å². The normalized spacial score (nSPS) is 12.1. The highest BCUT2D eigenvalue weighted by Gasteiger charge is 2.28. The highest BCUT2D eigenvalue weighted by Crippen LogP contribution is 2.18. The number of amides is 2. The van der Waals surface area contributed by atoms with E-state index in [2.05, 4.69) is 5.32 Å². The number of halogens is 1. The number of ether oxygens (including phenoxy) is 2. The molecule has 174 valence electrons. The maximum Gasteiger partial charge on any atom is 0.242 e. The second kappa shape index (κ2) is 11.5. The van der Waals surface area contributed by atoms with Gasteiger partial charge in [-0.2, -0.15) is 0 Å². The Balaban J connectivity index is 2.02. The molecule has 2 aromatic rings. The summed E-state index contributed by atoms with van der Waals surface area (Å²) in [5, 5.41) is 2.89. The van der Waals surface area contributed by atoms with Crippen LogP contribution >= 0.6 is 0 Å². The first kappa shape index (κ1) is 25.2. The van der Waals surface area contributed by atoms with Crippen molar-refractivity contribution in [2.45, 2.75) is 58.7 Å². The van der Waals surface area contributed by atoms with E-state index < -0.39 is 17.4 Å². The number of methoxy groups -OCH3 is 1. The molecule has 0 spiro atoms. The summed E-state index contributed by atoms with van der Waals surface area (Å²) in [5.74, 6) is 0.495. The summed E-state index contributed by atoms with van der Waals surface area (Å²) in [6, 6.07) is 12.7. The number of nitrogens with one attached hydrogen (secondary N) is 1. The van der Waals surface area contributed by atoms with E-state index in [4.69, 9.17) is 9.47 Å². The van der Waals surface area contributed by atoms with Crippen LogP contribution < -0.4 is 14.8 Å². The first-order chi connectivity index (χ1) is 15.1. The minimum absolute atomic E-state index is 0.0174. The number of carbonyl (C=O) groups excluding carboxylic acids is 2. The molecule has 1 atom stereocenters. The van der Waals surface area contributed by atoms with Gasteiger partial charge in [0.05, 0.1) is 13.7 Å². The van der Waals surface area contributed by atoms with Gasteiger partial charge in [0, 0.05) is 24.1 Å². The van der Waals surface area contributed by atoms with Gasteiger partial charge in [0.15, 0.2) is 0 Å². The summed E-state index contributed by atoms with van der Waals surface area (Å²) >= 11 is 0. The summed E-state index contributed by atoms with van der Waals surface area (Å²) in [6.45, 7) is 7.64. The van der Waals surface area contributed by atoms with Crippen molar-refractivity contribution in [3.05, 3.63) is 59.9 Å². The van der Waals surface area contributed by atoms with Crippen molar-refractivity contribution in [2.24, 2.45) is 0 Å². The van der Waals surface area contributed by atoms with Gasteiger partial charge in [-0.05, 0) is 64.4 Å². The van der Waals surface area contributed by atoms with Gasteiger partial charge in [-0.3, -0.25) is 9.59 Å². The molecule has 0 bridgehead atoms. The van der Waals surface area contributed by atoms with Gasteiger partial charge in [-0.1, -0.05) is 18.2 Å². The minimum atomic E-state index is -0.746. The third-order valence-corrected chi connectivity index (χ3v) is 4.83. The highest BCUT2D eigenvalue weighted by atomic mass is 19.1. The van der Waals surface area contributed by atoms with E-state index in [0.29, 0.717) is 24.3 Å². The van der Waals surface area contributed by atoms with Gasteiger partial charge < -0.3 is 19.7 Å². The quantitative estimate of drug-likeness (QED) is 0.554. The van der Waals surface area contributed by atoms with Crippen LogP contribution in [-0.2, 0) is 16.1 Å². The van der Waals surface area contributed by atoms with E-state index in [9.17, 15) is 14.0 Å². The Kier molecular flexibility index (Phi) is 9.05. The number of benzene rings is 2. The topological polar surface area (TPSA) is 67.9 Å². The zero-order chi connectivity index (χ0) is 23.7. The van der Waals surface area contributed by atoms with Gasteiger partial charge in [-0.25, -0.2) is 4.39 Å². The van der Waals surface area contributed by atoms with Gasteiger partial charge >= 0.3 is 0 Å². The third kappa shape index (κ3) is 7.87. The average Bonchev–Trinajstić information content (AvgIpc) is 2.74. The number of hydrogen-bond donors (Lipinski definition) is 1. The zero-order valence-corrected chi connectivity index (χ0v) is 19.5. The molecule has 0 heterocycles. The second-order valence-corrected chi connectivity index (χ2v) is 8.66. The average molecular weight is 445 g/mol. The lowest BCUT2D eigenvalue weighted by Crippen LogP contribution is -2.52. The lowest BCUT2D eigenvalue weighted by atomic mass is 10.1. The fourth-order valence-corrected chi connectivity index (χ4v) is 3.10. The molecule has 1 N–H and O–H groups in total. The number of rotatable bonds is 10. The Bertz CT molecular complexity index is 894. The number of hydrogen-bond acceptors (Lipinski definition) is 4. The molecular weight excluding hydrogens is 411 g/mol. The predicted octanol–water partition coefficient (Wildman–Crippen LogP) is 4.33. The van der Waals surface area contributed by atoms with Crippen LogP contribution in [0.1, 0.15) is 46.1 Å². The predicted molar refractivity (Wildman–Crippen MR) is 122 cm³/mol. The Labute approximate surface area is 189 Å². The van der Waals surface area contributed by atoms with Crippen LogP contribution in [0.25, 0.3) is 0 Å². The largest absolute Gasteiger partial charge is 0.497 e. The molecule has 0 saturated carbocycles. The fraction of sp³-hybridized carbons (Fsp3) is 0.440. The third-order valence-electron chi connectivity index (χ3n) is 4.83. The van der Waals surface area contributed by atoms with Crippen LogP contribution in [-0.4, -0.2) is 42.0 Å². The molecule has 0 aliphatic carbocycles. The van der Waals surface area contributed by atoms with Crippen LogP contribution in [0.4, 0.5) is 4.39 Å². The van der Waals surface area contributed by atoms with Crippen molar-refractivity contribution in [2.75, 3.05) is 13.7 Å². The molecule has 0 aliphatic rings. The standard InChI is InChI=1S/C25H33FN2O4/c1-18(24(30)27-25(2,3)4)28(17-19-9-6-7-10-22(19)26)23(29)11-8-16-32-21-14-12-20(31-5)13-15-21/h6-7,9-10,12-15,18H,8,11,16-17H2,1-5H3,(H,27,30)/t18-/m1/s1. The fourth-order valence-electron chi connectivity index (χ4n) is 3.10. The molecule has 0 aromatic heterocycles. The van der Waals surface area contributed by atoms with Crippen LogP contribution in [0.3, 0.4) is 0 Å². The molecule has 0 aliphatic heterocycles. The van der Waals surface area contributed by atoms with Gasteiger partial charge in [-0.15, -0.1) is 0 Å². The van der Waals surface area contributed by atoms with E-state index in [1.165, 1.54) is 11.0 Å². The smallest absolute Gasteiger partial charge is 0.242 e. The second-order valence-electron chi connectivity index (χ2n) is 8.66. The lowest BCUT2D eigenvalue weighted by Gasteiger charge is -2.31. The minimum Gasteiger partial charge on any atom is -0.497 e. The molecule has 6 nitrogen and oxygen atoms in total. The van der Waals surface area contributed by atoms with Crippen molar-refractivity contribution >= 4 is 11.8 Å². The monoisotopic (exact) mass is 444 g/mol. The Morgan fingerprint density at radius 2 is 1.69 bits per heavy atom. The van der Waals surface area contributed by atoms with E-state index >= 15 is 0 Å². The van der Waals surface area contributed by atoms with E-state index in [1.807, 2.05) is 20.8 Å². The highest BCUT2D eigenvalue weighted by molar-refractivity contribution is 5.87. The first-order valence-electron chi connectivity index (χ1n) is 10.7. The zero-order valence-electron chi connectivity index (χ0n) is 19.5. The number of carbonyl (C=O) groups is 2. The molecule has 0 saturated heterocycles. The van der Waals surface area contributed by atoms with Crippen LogP contribution in [0, 0.1) is 5.82 Å². The maximum atomic E-state index is 14.2. The molecule has 2 amide bonds. The first-order valence-corrected chi connectivity index (χ1v) is 10.7.